The molecule has 4 aliphatic rings. The van der Waals surface area contributed by atoms with E-state index < -0.39 is 13.2 Å². The molecule has 3 heterocycles. The van der Waals surface area contributed by atoms with Gasteiger partial charge < -0.3 is 29.3 Å². The van der Waals surface area contributed by atoms with E-state index in [4.69, 9.17) is 24.4 Å². The van der Waals surface area contributed by atoms with Gasteiger partial charge in [-0.3, -0.25) is 9.59 Å². The van der Waals surface area contributed by atoms with Gasteiger partial charge in [0, 0.05) is 42.0 Å². The molecule has 1 saturated carbocycles. The van der Waals surface area contributed by atoms with Crippen molar-refractivity contribution in [2.45, 2.75) is 64.8 Å². The molecule has 9 heteroatoms. The largest absolute Gasteiger partial charge is 0.498 e. The molecule has 2 N–H and O–H groups in total. The Morgan fingerprint density at radius 2 is 1.43 bits per heavy atom. The van der Waals surface area contributed by atoms with Gasteiger partial charge in [0.25, 0.3) is 0 Å². The van der Waals surface area contributed by atoms with Crippen LogP contribution in [0.4, 0.5) is 4.79 Å². The number of carbonyl (C=O) groups is 3. The van der Waals surface area contributed by atoms with Gasteiger partial charge in [-0.15, -0.1) is 0 Å². The number of aliphatic hydroxyl groups is 2. The molecule has 4 unspecified atom stereocenters. The summed E-state index contributed by atoms with van der Waals surface area (Å²) in [5.41, 5.74) is 2.18. The van der Waals surface area contributed by atoms with E-state index in [1.165, 1.54) is 19.1 Å². The third-order valence-electron chi connectivity index (χ3n) is 8.70. The van der Waals surface area contributed by atoms with Gasteiger partial charge in [0.2, 0.25) is 0 Å². The molecule has 1 aliphatic carbocycles. The van der Waals surface area contributed by atoms with Gasteiger partial charge >= 0.3 is 6.09 Å². The summed E-state index contributed by atoms with van der Waals surface area (Å²) in [7, 11) is 0. The number of benzene rings is 1. The number of ether oxygens (including phenoxy) is 3. The molecule has 3 aliphatic heterocycles. The first-order chi connectivity index (χ1) is 19.3. The number of carbonyl (C=O) groups excluding carboxylic acids is 3. The summed E-state index contributed by atoms with van der Waals surface area (Å²) in [6.07, 6.45) is 8.12. The van der Waals surface area contributed by atoms with Gasteiger partial charge in [-0.25, -0.2) is 4.79 Å². The Hall–Kier alpha value is -3.17. The van der Waals surface area contributed by atoms with Crippen LogP contribution in [-0.4, -0.2) is 71.3 Å². The number of aliphatic hydroxyl groups excluding tert-OH is 2. The minimum absolute atomic E-state index is 0.0153. The smallest absolute Gasteiger partial charge is 0.410 e. The van der Waals surface area contributed by atoms with Crippen LogP contribution in [0.15, 0.2) is 54.0 Å². The number of ketones is 2. The monoisotopic (exact) mass is 555 g/mol. The summed E-state index contributed by atoms with van der Waals surface area (Å²) in [5.74, 6) is 0.354. The van der Waals surface area contributed by atoms with E-state index in [0.29, 0.717) is 42.5 Å². The van der Waals surface area contributed by atoms with E-state index in [-0.39, 0.29) is 48.3 Å². The fourth-order valence-corrected chi connectivity index (χ4v) is 6.39. The quantitative estimate of drug-likeness (QED) is 0.544. The second-order valence-corrected chi connectivity index (χ2v) is 11.1. The number of nitrogens with zero attached hydrogens (tertiary/aromatic N) is 1. The molecule has 0 spiro atoms. The third kappa shape index (κ3) is 6.93. The zero-order chi connectivity index (χ0) is 28.6. The standard InChI is InChI=1S/C19H23NO5.C12H18O3/c1-13-16-9-20(19(23)25-11-14-5-3-2-4-6-14)8-7-15(16)17(12-24-13)18(22)10-21;1-8-9-4-2-3-5-10(9)11(7-15-8)12(14)6-13/h2-6,12-13,15-16,21H,7-11H2,1H3;7-10,13H,2-6H2,1H3/t13?,15-,16?;8?,9?,10-/m00/s1. The predicted octanol–water partition coefficient (Wildman–Crippen LogP) is 3.78. The van der Waals surface area contributed by atoms with Crippen molar-refractivity contribution in [2.75, 3.05) is 26.3 Å². The fraction of sp³-hybridized carbons (Fsp3) is 0.581. The lowest BCUT2D eigenvalue weighted by atomic mass is 9.71. The fourth-order valence-electron chi connectivity index (χ4n) is 6.39. The Bertz CT molecular complexity index is 1100. The highest BCUT2D eigenvalue weighted by atomic mass is 16.6. The summed E-state index contributed by atoms with van der Waals surface area (Å²) in [6, 6.07) is 9.55. The van der Waals surface area contributed by atoms with E-state index in [0.717, 1.165) is 18.4 Å². The molecule has 6 atom stereocenters. The Morgan fingerprint density at radius 3 is 2.05 bits per heavy atom. The molecule has 5 rings (SSSR count). The molecule has 0 aromatic heterocycles. The van der Waals surface area contributed by atoms with Crippen LogP contribution in [0.1, 0.15) is 51.5 Å². The van der Waals surface area contributed by atoms with E-state index >= 15 is 0 Å². The maximum atomic E-state index is 12.4. The first kappa shape index (κ1) is 29.8. The normalized spacial score (nSPS) is 29.1. The first-order valence-corrected chi connectivity index (χ1v) is 14.3. The number of amides is 1. The van der Waals surface area contributed by atoms with Gasteiger partial charge in [0.15, 0.2) is 11.6 Å². The number of hydrogen-bond acceptors (Lipinski definition) is 8. The van der Waals surface area contributed by atoms with Gasteiger partial charge in [-0.2, -0.15) is 0 Å². The summed E-state index contributed by atoms with van der Waals surface area (Å²) in [4.78, 5) is 37.5. The van der Waals surface area contributed by atoms with Crippen LogP contribution in [0.2, 0.25) is 0 Å². The lowest BCUT2D eigenvalue weighted by molar-refractivity contribution is -0.121. The molecule has 1 saturated heterocycles. The molecule has 1 aromatic carbocycles. The maximum Gasteiger partial charge on any atom is 0.410 e. The van der Waals surface area contributed by atoms with E-state index in [1.807, 2.05) is 37.3 Å². The molecule has 1 amide bonds. The molecule has 0 radical (unpaired) electrons. The van der Waals surface area contributed by atoms with Crippen molar-refractivity contribution in [3.05, 3.63) is 59.6 Å². The molecule has 218 valence electrons. The molecular weight excluding hydrogens is 514 g/mol. The predicted molar refractivity (Wildman–Crippen MR) is 147 cm³/mol. The molecule has 0 bridgehead atoms. The van der Waals surface area contributed by atoms with Crippen molar-refractivity contribution >= 4 is 17.7 Å². The van der Waals surface area contributed by atoms with Gasteiger partial charge in [-0.05, 0) is 44.6 Å². The van der Waals surface area contributed by atoms with Gasteiger partial charge in [0.1, 0.15) is 25.9 Å². The summed E-state index contributed by atoms with van der Waals surface area (Å²) >= 11 is 0. The van der Waals surface area contributed by atoms with E-state index in [2.05, 4.69) is 6.92 Å². The molecule has 40 heavy (non-hydrogen) atoms. The van der Waals surface area contributed by atoms with Crippen molar-refractivity contribution in [1.29, 1.82) is 0 Å². The summed E-state index contributed by atoms with van der Waals surface area (Å²) < 4.78 is 16.5. The van der Waals surface area contributed by atoms with Crippen LogP contribution in [0.3, 0.4) is 0 Å². The molecule has 2 fully saturated rings. The highest BCUT2D eigenvalue weighted by Gasteiger charge is 2.42. The third-order valence-corrected chi connectivity index (χ3v) is 8.70. The summed E-state index contributed by atoms with van der Waals surface area (Å²) in [5, 5.41) is 18.0. The van der Waals surface area contributed by atoms with Crippen molar-refractivity contribution in [2.24, 2.45) is 23.7 Å². The van der Waals surface area contributed by atoms with E-state index in [9.17, 15) is 14.4 Å². The van der Waals surface area contributed by atoms with Gasteiger partial charge in [-0.1, -0.05) is 43.2 Å². The van der Waals surface area contributed by atoms with Crippen molar-refractivity contribution in [3.8, 4) is 0 Å². The lowest BCUT2D eigenvalue weighted by Crippen LogP contribution is -2.50. The van der Waals surface area contributed by atoms with Crippen LogP contribution in [0.5, 0.6) is 0 Å². The zero-order valence-corrected chi connectivity index (χ0v) is 23.4. The highest BCUT2D eigenvalue weighted by Crippen LogP contribution is 2.41. The Balaban J connectivity index is 0.000000210. The topological polar surface area (TPSA) is 123 Å². The van der Waals surface area contributed by atoms with Crippen LogP contribution in [0.25, 0.3) is 0 Å². The number of likely N-dealkylation sites (tertiary alicyclic amines) is 1. The van der Waals surface area contributed by atoms with Crippen molar-refractivity contribution in [3.63, 3.8) is 0 Å². The number of fused-ring (bicyclic) bond motifs is 2. The average Bonchev–Trinajstić information content (AvgIpc) is 3.00. The highest BCUT2D eigenvalue weighted by molar-refractivity contribution is 5.97. The minimum atomic E-state index is -0.518. The van der Waals surface area contributed by atoms with Crippen LogP contribution in [0, 0.1) is 23.7 Å². The van der Waals surface area contributed by atoms with Crippen LogP contribution in [-0.2, 0) is 30.4 Å². The maximum absolute atomic E-state index is 12.4. The van der Waals surface area contributed by atoms with Crippen LogP contribution < -0.4 is 0 Å². The van der Waals surface area contributed by atoms with Crippen LogP contribution >= 0.6 is 0 Å². The number of Topliss-reactive ketones (excluding diaryl/α,β-unsaturated/α-hetero) is 2. The van der Waals surface area contributed by atoms with Crippen molar-refractivity contribution in [1.82, 2.24) is 4.90 Å². The lowest BCUT2D eigenvalue weighted by Gasteiger charge is -2.43. The number of rotatable bonds is 6. The number of piperidine rings is 1. The molecule has 9 nitrogen and oxygen atoms in total. The van der Waals surface area contributed by atoms with Crippen molar-refractivity contribution < 1.29 is 38.8 Å². The Morgan fingerprint density at radius 1 is 0.850 bits per heavy atom. The Labute approximate surface area is 235 Å². The second-order valence-electron chi connectivity index (χ2n) is 11.1. The van der Waals surface area contributed by atoms with Gasteiger partial charge in [0.05, 0.1) is 18.6 Å². The Kier molecular flexibility index (Phi) is 10.4. The first-order valence-electron chi connectivity index (χ1n) is 14.3. The minimum Gasteiger partial charge on any atom is -0.498 e. The SMILES string of the molecule is CC1OC=C(C(=O)CO)[C@H]2CCCCC12.CC1OC=C(C(=O)CO)[C@H]2CCN(C(=O)OCc3ccccc3)CC12. The zero-order valence-electron chi connectivity index (χ0n) is 23.4. The molecular formula is C31H41NO8. The summed E-state index contributed by atoms with van der Waals surface area (Å²) in [6.45, 7) is 4.34. The number of hydrogen-bond donors (Lipinski definition) is 2. The van der Waals surface area contributed by atoms with E-state index in [1.54, 1.807) is 11.2 Å². The average molecular weight is 556 g/mol. The second kappa shape index (κ2) is 13.9. The molecule has 1 aromatic rings.